The van der Waals surface area contributed by atoms with Gasteiger partial charge in [-0.1, -0.05) is 0 Å². The van der Waals surface area contributed by atoms with Gasteiger partial charge in [0.15, 0.2) is 0 Å². The SMILES string of the molecule is CC(CC(C)[O][Tl])[O][Tl].O. The maximum absolute atomic E-state index is 5.23. The second-order valence-corrected chi connectivity index (χ2v) is 4.25. The summed E-state index contributed by atoms with van der Waals surface area (Å²) in [6, 6.07) is 0. The molecule has 0 spiro atoms. The van der Waals surface area contributed by atoms with Gasteiger partial charge in [0.25, 0.3) is 0 Å². The van der Waals surface area contributed by atoms with E-state index in [0.717, 1.165) is 6.42 Å². The first-order valence-electron chi connectivity index (χ1n) is 2.91. The van der Waals surface area contributed by atoms with Crippen molar-refractivity contribution in [2.24, 2.45) is 0 Å². The van der Waals surface area contributed by atoms with Crippen LogP contribution in [-0.4, -0.2) is 70.1 Å². The van der Waals surface area contributed by atoms with Crippen LogP contribution >= 0.6 is 0 Å². The average molecular weight is 529 g/mol. The Hall–Kier alpha value is 1.72. The quantitative estimate of drug-likeness (QED) is 0.464. The van der Waals surface area contributed by atoms with Crippen molar-refractivity contribution < 1.29 is 10.9 Å². The number of rotatable bonds is 4. The molecular formula is C5H12O3Tl2. The summed E-state index contributed by atoms with van der Waals surface area (Å²) in [6.45, 7) is 4.19. The van der Waals surface area contributed by atoms with Crippen LogP contribution in [0.4, 0.5) is 0 Å². The van der Waals surface area contributed by atoms with Gasteiger partial charge < -0.3 is 5.48 Å². The Balaban J connectivity index is 0. The van der Waals surface area contributed by atoms with Gasteiger partial charge in [-0.3, -0.25) is 0 Å². The van der Waals surface area contributed by atoms with Gasteiger partial charge in [-0.15, -0.1) is 0 Å². The molecule has 56 valence electrons. The summed E-state index contributed by atoms with van der Waals surface area (Å²) < 4.78 is 10.5. The molecule has 3 nitrogen and oxygen atoms in total. The average Bonchev–Trinajstić information content (AvgIpc) is 1.87. The second kappa shape index (κ2) is 8.82. The molecule has 5 heteroatoms. The third-order valence-corrected chi connectivity index (χ3v) is 4.74. The molecule has 2 atom stereocenters. The molecule has 0 aliphatic carbocycles. The number of hydrogen-bond acceptors (Lipinski definition) is 2. The molecule has 2 unspecified atom stereocenters. The molecule has 0 saturated heterocycles. The van der Waals surface area contributed by atoms with Crippen molar-refractivity contribution in [1.29, 1.82) is 0 Å². The number of hydrogen-bond donors (Lipinski definition) is 0. The van der Waals surface area contributed by atoms with E-state index in [2.05, 4.69) is 13.8 Å². The Morgan fingerprint density at radius 2 is 1.40 bits per heavy atom. The Labute approximate surface area is 94.8 Å². The first kappa shape index (κ1) is 14.3. The van der Waals surface area contributed by atoms with Gasteiger partial charge in [0.05, 0.1) is 0 Å². The molecule has 0 aromatic rings. The zero-order chi connectivity index (χ0) is 7.28. The van der Waals surface area contributed by atoms with Gasteiger partial charge in [-0.2, -0.15) is 0 Å². The molecule has 2 N–H and O–H groups in total. The first-order valence-corrected chi connectivity index (χ1v) is 6.58. The Morgan fingerprint density at radius 1 is 1.10 bits per heavy atom. The molecule has 0 radical (unpaired) electrons. The molecule has 0 aromatic carbocycles. The molecule has 0 heterocycles. The minimum Gasteiger partial charge on any atom is -0.412 e. The maximum Gasteiger partial charge on any atom is -0.412 e. The van der Waals surface area contributed by atoms with Crippen LogP contribution in [0, 0.1) is 0 Å². The van der Waals surface area contributed by atoms with Crippen molar-refractivity contribution in [1.82, 2.24) is 0 Å². The van der Waals surface area contributed by atoms with Crippen LogP contribution in [0.1, 0.15) is 20.3 Å². The van der Waals surface area contributed by atoms with Crippen LogP contribution in [0.3, 0.4) is 0 Å². The minimum atomic E-state index is 0. The van der Waals surface area contributed by atoms with Crippen molar-refractivity contribution in [3.63, 3.8) is 0 Å². The van der Waals surface area contributed by atoms with Crippen LogP contribution in [0.15, 0.2) is 0 Å². The van der Waals surface area contributed by atoms with Crippen molar-refractivity contribution in [2.75, 3.05) is 0 Å². The van der Waals surface area contributed by atoms with Gasteiger partial charge in [0.1, 0.15) is 0 Å². The van der Waals surface area contributed by atoms with Gasteiger partial charge in [0, 0.05) is 0 Å². The Kier molecular flexibility index (Phi) is 12.6. The van der Waals surface area contributed by atoms with E-state index in [0.29, 0.717) is 64.6 Å². The summed E-state index contributed by atoms with van der Waals surface area (Å²) in [5.74, 6) is 0. The van der Waals surface area contributed by atoms with E-state index in [-0.39, 0.29) is 5.48 Å². The van der Waals surface area contributed by atoms with Crippen LogP contribution in [0.2, 0.25) is 0 Å². The molecule has 0 aliphatic heterocycles. The summed E-state index contributed by atoms with van der Waals surface area (Å²) >= 11 is 1.32. The van der Waals surface area contributed by atoms with Crippen LogP contribution in [0.5, 0.6) is 0 Å². The topological polar surface area (TPSA) is 50.0 Å². The summed E-state index contributed by atoms with van der Waals surface area (Å²) in [7, 11) is 0. The summed E-state index contributed by atoms with van der Waals surface area (Å²) in [4.78, 5) is 0. The van der Waals surface area contributed by atoms with Gasteiger partial charge in [0.2, 0.25) is 0 Å². The molecule has 10 heavy (non-hydrogen) atoms. The fourth-order valence-electron chi connectivity index (χ4n) is 0.579. The second-order valence-electron chi connectivity index (χ2n) is 2.13. The van der Waals surface area contributed by atoms with Crippen molar-refractivity contribution >= 4 is 52.4 Å². The van der Waals surface area contributed by atoms with Crippen LogP contribution < -0.4 is 0 Å². The van der Waals surface area contributed by atoms with E-state index in [1.54, 1.807) is 0 Å². The zero-order valence-electron chi connectivity index (χ0n) is 6.33. The maximum atomic E-state index is 5.23. The van der Waals surface area contributed by atoms with E-state index >= 15 is 0 Å². The molecular weight excluding hydrogens is 517 g/mol. The van der Waals surface area contributed by atoms with Gasteiger partial charge in [-0.25, -0.2) is 0 Å². The molecule has 0 rings (SSSR count). The Morgan fingerprint density at radius 3 is 1.60 bits per heavy atom. The molecule has 0 aromatic heterocycles. The van der Waals surface area contributed by atoms with E-state index in [1.165, 1.54) is 0 Å². The van der Waals surface area contributed by atoms with Crippen molar-refractivity contribution in [3.05, 3.63) is 0 Å². The standard InChI is InChI=1S/C5H10O2.H2O.2Tl/c1-4(6)3-5(2)7;;;/h4-5H,3H2,1-2H3;1H2;;/q-2;;2*+1. The van der Waals surface area contributed by atoms with Crippen LogP contribution in [0.25, 0.3) is 0 Å². The summed E-state index contributed by atoms with van der Waals surface area (Å²) in [6.07, 6.45) is 1.86. The van der Waals surface area contributed by atoms with E-state index in [9.17, 15) is 0 Å². The molecule has 0 amide bonds. The fraction of sp³-hybridized carbons (Fsp3) is 1.00. The van der Waals surface area contributed by atoms with E-state index in [4.69, 9.17) is 5.37 Å². The third kappa shape index (κ3) is 7.83. The summed E-state index contributed by atoms with van der Waals surface area (Å²) in [5, 5.41) is 0. The molecule has 0 bridgehead atoms. The predicted octanol–water partition coefficient (Wildman–Crippen LogP) is -0.471. The molecule has 0 saturated carbocycles. The Bertz CT molecular complexity index is 63.9. The predicted molar refractivity (Wildman–Crippen MR) is 40.8 cm³/mol. The first-order chi connectivity index (χ1) is 4.20. The van der Waals surface area contributed by atoms with E-state index in [1.807, 2.05) is 0 Å². The smallest absolute Gasteiger partial charge is 0.412 e. The molecule has 0 fully saturated rings. The van der Waals surface area contributed by atoms with Gasteiger partial charge in [-0.05, 0) is 0 Å². The van der Waals surface area contributed by atoms with Crippen molar-refractivity contribution in [2.45, 2.75) is 32.5 Å². The third-order valence-electron chi connectivity index (χ3n) is 1.13. The van der Waals surface area contributed by atoms with Crippen LogP contribution in [-0.2, 0) is 5.37 Å². The normalized spacial score (nSPS) is 15.2. The van der Waals surface area contributed by atoms with E-state index < -0.39 is 0 Å². The van der Waals surface area contributed by atoms with Gasteiger partial charge >= 0.3 is 90.3 Å². The summed E-state index contributed by atoms with van der Waals surface area (Å²) in [5.41, 5.74) is 0. The van der Waals surface area contributed by atoms with Crippen molar-refractivity contribution in [3.8, 4) is 0 Å². The fourth-order valence-corrected chi connectivity index (χ4v) is 1.44. The largest absolute Gasteiger partial charge is 0.412 e. The molecule has 0 aliphatic rings. The minimum absolute atomic E-state index is 0. The zero-order valence-corrected chi connectivity index (χ0v) is 15.3. The monoisotopic (exact) mass is 530 g/mol.